The van der Waals surface area contributed by atoms with Crippen molar-refractivity contribution in [3.8, 4) is 10.6 Å². The van der Waals surface area contributed by atoms with Gasteiger partial charge in [0.25, 0.3) is 0 Å². The van der Waals surface area contributed by atoms with E-state index in [9.17, 15) is 0 Å². The van der Waals surface area contributed by atoms with Crippen LogP contribution in [0.1, 0.15) is 5.69 Å². The third-order valence-electron chi connectivity index (χ3n) is 1.87. The maximum absolute atomic E-state index is 4.23. The molecule has 0 spiro atoms. The van der Waals surface area contributed by atoms with E-state index < -0.39 is 0 Å². The number of aromatic nitrogens is 4. The fourth-order valence-corrected chi connectivity index (χ4v) is 2.16. The molecule has 68 valence electrons. The van der Waals surface area contributed by atoms with Gasteiger partial charge in [0.15, 0.2) is 0 Å². The molecule has 0 saturated heterocycles. The molecule has 0 fully saturated rings. The van der Waals surface area contributed by atoms with Crippen LogP contribution in [-0.4, -0.2) is 19.1 Å². The minimum absolute atomic E-state index is 0.635. The zero-order chi connectivity index (χ0) is 9.42. The van der Waals surface area contributed by atoms with E-state index in [2.05, 4.69) is 30.4 Å². The predicted octanol–water partition coefficient (Wildman–Crippen LogP) is 2.01. The molecule has 4 nitrogen and oxygen atoms in total. The zero-order valence-electron chi connectivity index (χ0n) is 7.15. The first kappa shape index (κ1) is 8.83. The second kappa shape index (κ2) is 3.19. The average molecular weight is 259 g/mol. The van der Waals surface area contributed by atoms with E-state index in [1.54, 1.807) is 0 Å². The van der Waals surface area contributed by atoms with Crippen molar-refractivity contribution < 1.29 is 0 Å². The lowest BCUT2D eigenvalue weighted by molar-refractivity contribution is 0.740. The van der Waals surface area contributed by atoms with Crippen LogP contribution in [0.4, 0.5) is 0 Å². The molecule has 0 saturated carbocycles. The van der Waals surface area contributed by atoms with Gasteiger partial charge in [-0.05, 0) is 34.4 Å². The summed E-state index contributed by atoms with van der Waals surface area (Å²) < 4.78 is 6.51. The molecule has 0 amide bonds. The Balaban J connectivity index is 2.52. The van der Waals surface area contributed by atoms with E-state index in [0.29, 0.717) is 4.73 Å². The number of halogens is 1. The van der Waals surface area contributed by atoms with Crippen LogP contribution in [0.5, 0.6) is 0 Å². The standard InChI is InChI=1S/C7H7BrN4S/c1-4-5(3-9-12(4)2)6-10-7(8)11-13-6/h3H,1-2H3. The Morgan fingerprint density at radius 1 is 1.54 bits per heavy atom. The Morgan fingerprint density at radius 2 is 2.31 bits per heavy atom. The summed E-state index contributed by atoms with van der Waals surface area (Å²) in [6.07, 6.45) is 1.81. The lowest BCUT2D eigenvalue weighted by Gasteiger charge is -1.94. The molecular formula is C7H7BrN4S. The summed E-state index contributed by atoms with van der Waals surface area (Å²) in [5.41, 5.74) is 2.15. The molecule has 0 aliphatic carbocycles. The highest BCUT2D eigenvalue weighted by Crippen LogP contribution is 2.25. The van der Waals surface area contributed by atoms with Crippen molar-refractivity contribution in [3.63, 3.8) is 0 Å². The van der Waals surface area contributed by atoms with Crippen LogP contribution in [0.3, 0.4) is 0 Å². The number of rotatable bonds is 1. The van der Waals surface area contributed by atoms with Crippen LogP contribution in [0, 0.1) is 6.92 Å². The van der Waals surface area contributed by atoms with E-state index >= 15 is 0 Å². The van der Waals surface area contributed by atoms with Crippen molar-refractivity contribution in [3.05, 3.63) is 16.6 Å². The summed E-state index contributed by atoms with van der Waals surface area (Å²) in [6, 6.07) is 0. The third-order valence-corrected chi connectivity index (χ3v) is 3.20. The maximum atomic E-state index is 4.23. The summed E-state index contributed by atoms with van der Waals surface area (Å²) >= 11 is 4.59. The van der Waals surface area contributed by atoms with Crippen molar-refractivity contribution in [1.82, 2.24) is 19.1 Å². The molecule has 0 N–H and O–H groups in total. The van der Waals surface area contributed by atoms with Crippen molar-refractivity contribution >= 4 is 27.5 Å². The van der Waals surface area contributed by atoms with Gasteiger partial charge < -0.3 is 0 Å². The SMILES string of the molecule is Cc1c(-c2nc(Br)ns2)cnn1C. The molecule has 0 aliphatic heterocycles. The van der Waals surface area contributed by atoms with Crippen molar-refractivity contribution in [2.75, 3.05) is 0 Å². The van der Waals surface area contributed by atoms with Crippen LogP contribution >= 0.6 is 27.5 Å². The fraction of sp³-hybridized carbons (Fsp3) is 0.286. The van der Waals surface area contributed by atoms with Crippen LogP contribution in [0.2, 0.25) is 0 Å². The smallest absolute Gasteiger partial charge is 0.209 e. The number of hydrogen-bond donors (Lipinski definition) is 0. The van der Waals surface area contributed by atoms with Crippen molar-refractivity contribution in [1.29, 1.82) is 0 Å². The second-order valence-electron chi connectivity index (χ2n) is 2.64. The van der Waals surface area contributed by atoms with Crippen LogP contribution < -0.4 is 0 Å². The van der Waals surface area contributed by atoms with Gasteiger partial charge in [0.1, 0.15) is 5.01 Å². The zero-order valence-corrected chi connectivity index (χ0v) is 9.55. The van der Waals surface area contributed by atoms with Gasteiger partial charge >= 0.3 is 0 Å². The Bertz CT molecular complexity index is 433. The van der Waals surface area contributed by atoms with Crippen LogP contribution in [0.25, 0.3) is 10.6 Å². The van der Waals surface area contributed by atoms with Gasteiger partial charge in [-0.1, -0.05) is 0 Å². The van der Waals surface area contributed by atoms with Gasteiger partial charge in [0.2, 0.25) is 4.73 Å². The topological polar surface area (TPSA) is 43.6 Å². The summed E-state index contributed by atoms with van der Waals surface area (Å²) in [7, 11) is 1.91. The van der Waals surface area contributed by atoms with Crippen molar-refractivity contribution in [2.24, 2.45) is 7.05 Å². The van der Waals surface area contributed by atoms with Gasteiger partial charge in [-0.15, -0.1) is 0 Å². The van der Waals surface area contributed by atoms with Gasteiger partial charge in [-0.25, -0.2) is 4.98 Å². The normalized spacial score (nSPS) is 10.7. The van der Waals surface area contributed by atoms with E-state index in [-0.39, 0.29) is 0 Å². The highest BCUT2D eigenvalue weighted by molar-refractivity contribution is 9.10. The summed E-state index contributed by atoms with van der Waals surface area (Å²) in [5, 5.41) is 5.04. The van der Waals surface area contributed by atoms with Gasteiger partial charge in [-0.2, -0.15) is 9.47 Å². The highest BCUT2D eigenvalue weighted by Gasteiger charge is 2.10. The first-order chi connectivity index (χ1) is 6.18. The van der Waals surface area contributed by atoms with E-state index in [1.165, 1.54) is 11.5 Å². The molecular weight excluding hydrogens is 252 g/mol. The Morgan fingerprint density at radius 3 is 2.77 bits per heavy atom. The van der Waals surface area contributed by atoms with Crippen LogP contribution in [0.15, 0.2) is 10.9 Å². The third kappa shape index (κ3) is 1.51. The molecule has 2 aromatic heterocycles. The molecule has 0 unspecified atom stereocenters. The molecule has 0 radical (unpaired) electrons. The first-order valence-corrected chi connectivity index (χ1v) is 5.23. The average Bonchev–Trinajstić information content (AvgIpc) is 2.62. The minimum Gasteiger partial charge on any atom is -0.272 e. The van der Waals surface area contributed by atoms with Gasteiger partial charge in [0, 0.05) is 12.7 Å². The molecule has 2 rings (SSSR count). The molecule has 2 heterocycles. The Hall–Kier alpha value is -0.750. The summed E-state index contributed by atoms with van der Waals surface area (Å²) in [6.45, 7) is 2.01. The lowest BCUT2D eigenvalue weighted by atomic mass is 10.3. The lowest BCUT2D eigenvalue weighted by Crippen LogP contribution is -1.92. The molecule has 0 atom stereocenters. The number of hydrogen-bond acceptors (Lipinski definition) is 4. The van der Waals surface area contributed by atoms with E-state index in [4.69, 9.17) is 0 Å². The fourth-order valence-electron chi connectivity index (χ4n) is 1.02. The van der Waals surface area contributed by atoms with E-state index in [1.807, 2.05) is 24.9 Å². The second-order valence-corrected chi connectivity index (χ2v) is 4.10. The molecule has 13 heavy (non-hydrogen) atoms. The Labute approximate surface area is 87.9 Å². The highest BCUT2D eigenvalue weighted by atomic mass is 79.9. The first-order valence-electron chi connectivity index (χ1n) is 3.66. The largest absolute Gasteiger partial charge is 0.272 e. The van der Waals surface area contributed by atoms with E-state index in [0.717, 1.165) is 16.3 Å². The minimum atomic E-state index is 0.635. The number of aryl methyl sites for hydroxylation is 1. The Kier molecular flexibility index (Phi) is 2.17. The summed E-state index contributed by atoms with van der Waals surface area (Å²) in [5.74, 6) is 0. The van der Waals surface area contributed by atoms with Crippen molar-refractivity contribution in [2.45, 2.75) is 6.92 Å². The quantitative estimate of drug-likeness (QED) is 0.786. The predicted molar refractivity (Wildman–Crippen MR) is 54.5 cm³/mol. The monoisotopic (exact) mass is 258 g/mol. The summed E-state index contributed by atoms with van der Waals surface area (Å²) in [4.78, 5) is 4.23. The van der Waals surface area contributed by atoms with Crippen LogP contribution in [-0.2, 0) is 7.05 Å². The molecule has 2 aromatic rings. The molecule has 0 aliphatic rings. The molecule has 0 aromatic carbocycles. The molecule has 6 heteroatoms. The van der Waals surface area contributed by atoms with Gasteiger partial charge in [-0.3, -0.25) is 4.68 Å². The molecule has 0 bridgehead atoms. The van der Waals surface area contributed by atoms with Gasteiger partial charge in [0.05, 0.1) is 11.8 Å². The maximum Gasteiger partial charge on any atom is 0.209 e. The number of nitrogens with zero attached hydrogens (tertiary/aromatic N) is 4.